The van der Waals surface area contributed by atoms with Crippen LogP contribution in [0, 0.1) is 5.82 Å². The quantitative estimate of drug-likeness (QED) is 0.647. The maximum absolute atomic E-state index is 13.8. The summed E-state index contributed by atoms with van der Waals surface area (Å²) in [6, 6.07) is 19.3. The van der Waals surface area contributed by atoms with Gasteiger partial charge in [0.05, 0.1) is 7.11 Å². The van der Waals surface area contributed by atoms with Crippen molar-refractivity contribution in [1.29, 1.82) is 0 Å². The molecule has 23 heavy (non-hydrogen) atoms. The Balaban J connectivity index is 0.00000192. The van der Waals surface area contributed by atoms with Gasteiger partial charge in [0.2, 0.25) is 0 Å². The van der Waals surface area contributed by atoms with Crippen LogP contribution in [0.3, 0.4) is 0 Å². The number of pyridine rings is 1. The summed E-state index contributed by atoms with van der Waals surface area (Å²) in [6.07, 6.45) is 4.05. The second-order valence-electron chi connectivity index (χ2n) is 5.10. The minimum absolute atomic E-state index is 0. The van der Waals surface area contributed by atoms with Crippen molar-refractivity contribution >= 4 is 0 Å². The lowest BCUT2D eigenvalue weighted by atomic mass is 10.1. The Hall–Kier alpha value is -2.39. The highest BCUT2D eigenvalue weighted by Crippen LogP contribution is 2.18. The number of hydrogen-bond donors (Lipinski definition) is 0. The highest BCUT2D eigenvalue weighted by atomic mass is 35.5. The molecule has 0 radical (unpaired) electrons. The Kier molecular flexibility index (Phi) is 5.72. The van der Waals surface area contributed by atoms with Crippen LogP contribution in [0.4, 0.5) is 4.39 Å². The largest absolute Gasteiger partial charge is 1.00 e. The van der Waals surface area contributed by atoms with Crippen LogP contribution in [0.2, 0.25) is 0 Å². The lowest BCUT2D eigenvalue weighted by Gasteiger charge is -2.04. The number of ether oxygens (including phenoxy) is 1. The Morgan fingerprint density at radius 1 is 0.957 bits per heavy atom. The molecule has 0 atom stereocenters. The van der Waals surface area contributed by atoms with Gasteiger partial charge in [-0.15, -0.1) is 0 Å². The predicted molar refractivity (Wildman–Crippen MR) is 84.1 cm³/mol. The van der Waals surface area contributed by atoms with Crippen molar-refractivity contribution in [2.24, 2.45) is 0 Å². The van der Waals surface area contributed by atoms with E-state index in [4.69, 9.17) is 4.74 Å². The third-order valence-electron chi connectivity index (χ3n) is 3.55. The molecule has 1 aromatic heterocycles. The summed E-state index contributed by atoms with van der Waals surface area (Å²) >= 11 is 0. The van der Waals surface area contributed by atoms with E-state index < -0.39 is 0 Å². The van der Waals surface area contributed by atoms with Crippen LogP contribution >= 0.6 is 0 Å². The van der Waals surface area contributed by atoms with E-state index in [1.54, 1.807) is 6.07 Å². The third-order valence-corrected chi connectivity index (χ3v) is 3.55. The van der Waals surface area contributed by atoms with E-state index >= 15 is 0 Å². The Morgan fingerprint density at radius 2 is 1.70 bits per heavy atom. The molecule has 0 aliphatic heterocycles. The number of hydrogen-bond acceptors (Lipinski definition) is 1. The molecule has 118 valence electrons. The molecular weight excluding hydrogens is 313 g/mol. The fraction of sp³-hybridized carbons (Fsp3) is 0.105. The minimum atomic E-state index is -0.334. The summed E-state index contributed by atoms with van der Waals surface area (Å²) in [5.41, 5.74) is 3.20. The van der Waals surface area contributed by atoms with E-state index in [0.29, 0.717) is 6.54 Å². The molecule has 0 aliphatic rings. The van der Waals surface area contributed by atoms with E-state index in [2.05, 4.69) is 24.4 Å². The average molecular weight is 330 g/mol. The van der Waals surface area contributed by atoms with Crippen LogP contribution in [0.1, 0.15) is 5.56 Å². The molecule has 0 saturated heterocycles. The molecule has 3 aromatic rings. The summed E-state index contributed by atoms with van der Waals surface area (Å²) in [4.78, 5) is 0. The van der Waals surface area contributed by atoms with Crippen molar-refractivity contribution in [2.75, 3.05) is 7.11 Å². The molecule has 1 heterocycles. The van der Waals surface area contributed by atoms with Crippen molar-refractivity contribution in [2.45, 2.75) is 6.54 Å². The number of nitrogens with zero attached hydrogens (tertiary/aromatic N) is 1. The van der Waals surface area contributed by atoms with Gasteiger partial charge in [-0.05, 0) is 29.8 Å². The summed E-state index contributed by atoms with van der Waals surface area (Å²) in [5.74, 6) is -0.0633. The van der Waals surface area contributed by atoms with Gasteiger partial charge < -0.3 is 17.1 Å². The normalized spacial score (nSPS) is 10.0. The molecular formula is C19H17ClFNO. The molecule has 2 aromatic carbocycles. The molecule has 0 amide bonds. The zero-order valence-corrected chi connectivity index (χ0v) is 13.5. The molecule has 0 saturated carbocycles. The molecule has 2 nitrogen and oxygen atoms in total. The van der Waals surface area contributed by atoms with Gasteiger partial charge in [0.25, 0.3) is 0 Å². The molecule has 0 spiro atoms. The smallest absolute Gasteiger partial charge is 0.176 e. The summed E-state index contributed by atoms with van der Waals surface area (Å²) in [5, 5.41) is 0. The molecule has 3 rings (SSSR count). The number of aromatic nitrogens is 1. The van der Waals surface area contributed by atoms with Gasteiger partial charge in [0, 0.05) is 17.2 Å². The van der Waals surface area contributed by atoms with Crippen LogP contribution in [-0.2, 0) is 6.54 Å². The van der Waals surface area contributed by atoms with Crippen molar-refractivity contribution in [3.63, 3.8) is 0 Å². The SMILES string of the molecule is COc1ccc(C[n+]2cccc(-c3ccccc3)c2)cc1F.[Cl-]. The molecule has 0 bridgehead atoms. The van der Waals surface area contributed by atoms with Crippen molar-refractivity contribution in [1.82, 2.24) is 0 Å². The Morgan fingerprint density at radius 3 is 2.39 bits per heavy atom. The zero-order valence-electron chi connectivity index (χ0n) is 12.7. The highest BCUT2D eigenvalue weighted by molar-refractivity contribution is 5.61. The molecule has 0 aliphatic carbocycles. The maximum Gasteiger partial charge on any atom is 0.176 e. The monoisotopic (exact) mass is 329 g/mol. The molecule has 0 unspecified atom stereocenters. The van der Waals surface area contributed by atoms with Gasteiger partial charge in [-0.1, -0.05) is 30.3 Å². The molecule has 0 N–H and O–H groups in total. The Labute approximate surface area is 141 Å². The number of rotatable bonds is 4. The van der Waals surface area contributed by atoms with E-state index in [1.807, 2.05) is 41.1 Å². The minimum Gasteiger partial charge on any atom is -1.00 e. The summed E-state index contributed by atoms with van der Waals surface area (Å²) < 4.78 is 20.8. The second kappa shape index (κ2) is 7.75. The highest BCUT2D eigenvalue weighted by Gasteiger charge is 2.09. The fourth-order valence-electron chi connectivity index (χ4n) is 2.44. The first-order chi connectivity index (χ1) is 10.8. The van der Waals surface area contributed by atoms with Gasteiger partial charge in [-0.25, -0.2) is 8.96 Å². The van der Waals surface area contributed by atoms with E-state index in [9.17, 15) is 4.39 Å². The Bertz CT molecular complexity index is 777. The number of halogens is 2. The van der Waals surface area contributed by atoms with E-state index in [-0.39, 0.29) is 24.0 Å². The fourth-order valence-corrected chi connectivity index (χ4v) is 2.44. The average Bonchev–Trinajstić information content (AvgIpc) is 2.56. The van der Waals surface area contributed by atoms with Gasteiger partial charge >= 0.3 is 0 Å². The van der Waals surface area contributed by atoms with Gasteiger partial charge in [0.1, 0.15) is 0 Å². The number of methoxy groups -OCH3 is 1. The second-order valence-corrected chi connectivity index (χ2v) is 5.10. The van der Waals surface area contributed by atoms with E-state index in [1.165, 1.54) is 13.2 Å². The van der Waals surface area contributed by atoms with Crippen LogP contribution < -0.4 is 21.7 Å². The third kappa shape index (κ3) is 4.08. The first-order valence-electron chi connectivity index (χ1n) is 7.13. The van der Waals surface area contributed by atoms with Crippen LogP contribution in [0.25, 0.3) is 11.1 Å². The molecule has 4 heteroatoms. The van der Waals surface area contributed by atoms with Crippen molar-refractivity contribution < 1.29 is 26.1 Å². The van der Waals surface area contributed by atoms with Gasteiger partial charge in [-0.3, -0.25) is 0 Å². The van der Waals surface area contributed by atoms with E-state index in [0.717, 1.165) is 16.7 Å². The lowest BCUT2D eigenvalue weighted by molar-refractivity contribution is -0.687. The first kappa shape index (κ1) is 17.0. The van der Waals surface area contributed by atoms with Crippen LogP contribution in [0.5, 0.6) is 5.75 Å². The van der Waals surface area contributed by atoms with Crippen LogP contribution in [-0.4, -0.2) is 7.11 Å². The van der Waals surface area contributed by atoms with Crippen molar-refractivity contribution in [3.05, 3.63) is 84.4 Å². The first-order valence-corrected chi connectivity index (χ1v) is 7.13. The predicted octanol–water partition coefficient (Wildman–Crippen LogP) is 0.841. The lowest BCUT2D eigenvalue weighted by Crippen LogP contribution is -3.00. The summed E-state index contributed by atoms with van der Waals surface area (Å²) in [6.45, 7) is 0.613. The topological polar surface area (TPSA) is 13.1 Å². The maximum atomic E-state index is 13.8. The van der Waals surface area contributed by atoms with Gasteiger partial charge in [-0.2, -0.15) is 0 Å². The van der Waals surface area contributed by atoms with Crippen molar-refractivity contribution in [3.8, 4) is 16.9 Å². The summed E-state index contributed by atoms with van der Waals surface area (Å²) in [7, 11) is 1.47. The number of benzene rings is 2. The van der Waals surface area contributed by atoms with Gasteiger partial charge in [0.15, 0.2) is 30.5 Å². The zero-order chi connectivity index (χ0) is 15.4. The van der Waals surface area contributed by atoms with Crippen LogP contribution in [0.15, 0.2) is 73.1 Å². The standard InChI is InChI=1S/C19H17FNO.ClH/c1-22-19-10-9-15(12-18(19)20)13-21-11-5-8-17(14-21)16-6-3-2-4-7-16;/h2-12,14H,13H2,1H3;1H/q+1;/p-1. The molecule has 0 fully saturated rings.